The predicted molar refractivity (Wildman–Crippen MR) is 118 cm³/mol. The second-order valence-electron chi connectivity index (χ2n) is 7.50. The summed E-state index contributed by atoms with van der Waals surface area (Å²) in [7, 11) is 1.93. The van der Waals surface area contributed by atoms with Crippen LogP contribution in [0.15, 0.2) is 48.7 Å². The maximum Gasteiger partial charge on any atom is 0.206 e. The van der Waals surface area contributed by atoms with Crippen molar-refractivity contribution in [2.45, 2.75) is 6.54 Å². The molecule has 0 amide bonds. The Hall–Kier alpha value is -2.90. The van der Waals surface area contributed by atoms with Gasteiger partial charge in [-0.1, -0.05) is 29.8 Å². The zero-order chi connectivity index (χ0) is 20.7. The molecule has 5 rings (SSSR count). The minimum absolute atomic E-state index is 0.135. The summed E-state index contributed by atoms with van der Waals surface area (Å²) in [6.07, 6.45) is 1.79. The van der Waals surface area contributed by atoms with E-state index in [-0.39, 0.29) is 5.02 Å². The van der Waals surface area contributed by atoms with E-state index >= 15 is 0 Å². The lowest BCUT2D eigenvalue weighted by Crippen LogP contribution is -2.44. The Morgan fingerprint density at radius 1 is 1.13 bits per heavy atom. The number of halogens is 2. The number of nitrogens with one attached hydrogen (secondary N) is 1. The number of aryl methyl sites for hydroxylation is 1. The highest BCUT2D eigenvalue weighted by atomic mass is 35.5. The van der Waals surface area contributed by atoms with E-state index in [0.29, 0.717) is 6.54 Å². The fraction of sp³-hybridized carbons (Fsp3) is 0.273. The lowest BCUT2D eigenvalue weighted by atomic mass is 10.1. The smallest absolute Gasteiger partial charge is 0.206 e. The summed E-state index contributed by atoms with van der Waals surface area (Å²) in [4.78, 5) is 7.38. The minimum Gasteiger partial charge on any atom is -0.340 e. The molecule has 1 fully saturated rings. The molecule has 2 aromatic carbocycles. The van der Waals surface area contributed by atoms with Gasteiger partial charge in [0.25, 0.3) is 0 Å². The highest BCUT2D eigenvalue weighted by molar-refractivity contribution is 6.30. The lowest BCUT2D eigenvalue weighted by Gasteiger charge is -2.29. The van der Waals surface area contributed by atoms with Crippen molar-refractivity contribution >= 4 is 28.6 Å². The largest absolute Gasteiger partial charge is 0.340 e. The Labute approximate surface area is 178 Å². The minimum atomic E-state index is -0.406. The molecular weight excluding hydrogens is 403 g/mol. The van der Waals surface area contributed by atoms with Gasteiger partial charge in [-0.2, -0.15) is 5.10 Å². The van der Waals surface area contributed by atoms with Crippen molar-refractivity contribution in [3.8, 4) is 11.3 Å². The van der Waals surface area contributed by atoms with Crippen LogP contribution in [-0.2, 0) is 13.6 Å². The van der Waals surface area contributed by atoms with Crippen molar-refractivity contribution in [1.82, 2.24) is 24.6 Å². The molecule has 154 valence electrons. The van der Waals surface area contributed by atoms with Gasteiger partial charge in [-0.3, -0.25) is 4.68 Å². The van der Waals surface area contributed by atoms with Crippen LogP contribution in [0, 0.1) is 5.82 Å². The number of para-hydroxylation sites is 1. The van der Waals surface area contributed by atoms with Gasteiger partial charge in [-0.25, -0.2) is 9.37 Å². The number of aromatic nitrogens is 4. The second kappa shape index (κ2) is 7.74. The molecule has 2 aromatic heterocycles. The van der Waals surface area contributed by atoms with Gasteiger partial charge in [0.15, 0.2) is 0 Å². The number of benzene rings is 2. The number of anilines is 1. The summed E-state index contributed by atoms with van der Waals surface area (Å²) in [6.45, 7) is 4.16. The van der Waals surface area contributed by atoms with Crippen LogP contribution < -0.4 is 10.2 Å². The SMILES string of the molecule is Cn1nccc1-c1cccc2c1nc(N1CCNCC1)n2Cc1ccc(F)c(Cl)c1. The van der Waals surface area contributed by atoms with Crippen LogP contribution in [0.2, 0.25) is 5.02 Å². The number of fused-ring (bicyclic) bond motifs is 1. The third kappa shape index (κ3) is 3.34. The molecule has 0 spiro atoms. The number of hydrogen-bond acceptors (Lipinski definition) is 4. The maximum atomic E-state index is 13.7. The number of rotatable bonds is 4. The van der Waals surface area contributed by atoms with E-state index < -0.39 is 5.82 Å². The summed E-state index contributed by atoms with van der Waals surface area (Å²) in [5, 5.41) is 7.85. The summed E-state index contributed by atoms with van der Waals surface area (Å²) in [5.74, 6) is 0.512. The zero-order valence-electron chi connectivity index (χ0n) is 16.6. The average molecular weight is 425 g/mol. The van der Waals surface area contributed by atoms with Gasteiger partial charge in [0, 0.05) is 45.0 Å². The number of nitrogens with zero attached hydrogens (tertiary/aromatic N) is 5. The van der Waals surface area contributed by atoms with Crippen molar-refractivity contribution in [3.63, 3.8) is 0 Å². The Balaban J connectivity index is 1.68. The Bertz CT molecular complexity index is 1210. The third-order valence-corrected chi connectivity index (χ3v) is 5.87. The average Bonchev–Trinajstić information content (AvgIpc) is 3.35. The molecule has 1 aliphatic rings. The molecule has 0 radical (unpaired) electrons. The summed E-state index contributed by atoms with van der Waals surface area (Å²) in [5.41, 5.74) is 4.95. The van der Waals surface area contributed by atoms with Crippen molar-refractivity contribution in [1.29, 1.82) is 0 Å². The molecule has 30 heavy (non-hydrogen) atoms. The first-order valence-corrected chi connectivity index (χ1v) is 10.4. The number of piperazine rings is 1. The second-order valence-corrected chi connectivity index (χ2v) is 7.90. The quantitative estimate of drug-likeness (QED) is 0.543. The van der Waals surface area contributed by atoms with Gasteiger partial charge in [0.2, 0.25) is 5.95 Å². The molecule has 3 heterocycles. The number of hydrogen-bond donors (Lipinski definition) is 1. The first-order chi connectivity index (χ1) is 14.6. The van der Waals surface area contributed by atoms with Crippen molar-refractivity contribution in [2.75, 3.05) is 31.1 Å². The molecule has 1 N–H and O–H groups in total. The zero-order valence-corrected chi connectivity index (χ0v) is 17.4. The van der Waals surface area contributed by atoms with Crippen molar-refractivity contribution in [3.05, 3.63) is 65.1 Å². The van der Waals surface area contributed by atoms with Gasteiger partial charge < -0.3 is 14.8 Å². The highest BCUT2D eigenvalue weighted by Gasteiger charge is 2.22. The van der Waals surface area contributed by atoms with Crippen LogP contribution in [0.5, 0.6) is 0 Å². The standard InChI is InChI=1S/C22H22ClFN6/c1-28-19(7-8-26-28)16-3-2-4-20-21(16)27-22(29-11-9-25-10-12-29)30(20)14-15-5-6-18(24)17(23)13-15/h2-8,13,25H,9-12,14H2,1H3. The summed E-state index contributed by atoms with van der Waals surface area (Å²) in [6, 6.07) is 13.1. The van der Waals surface area contributed by atoms with Gasteiger partial charge in [-0.05, 0) is 29.8 Å². The molecule has 0 unspecified atom stereocenters. The highest BCUT2D eigenvalue weighted by Crippen LogP contribution is 2.32. The van der Waals surface area contributed by atoms with E-state index in [1.165, 1.54) is 6.07 Å². The molecule has 4 aromatic rings. The molecule has 0 aliphatic carbocycles. The van der Waals surface area contributed by atoms with Crippen molar-refractivity contribution < 1.29 is 4.39 Å². The van der Waals surface area contributed by atoms with Crippen LogP contribution in [0.3, 0.4) is 0 Å². The Kier molecular flexibility index (Phi) is 4.92. The molecule has 6 nitrogen and oxygen atoms in total. The lowest BCUT2D eigenvalue weighted by molar-refractivity contribution is 0.571. The predicted octanol–water partition coefficient (Wildman–Crippen LogP) is 3.69. The first kappa shape index (κ1) is 19.1. The first-order valence-electron chi connectivity index (χ1n) is 9.99. The molecule has 0 bridgehead atoms. The van der Waals surface area contributed by atoms with Crippen LogP contribution in [-0.4, -0.2) is 45.5 Å². The topological polar surface area (TPSA) is 50.9 Å². The monoisotopic (exact) mass is 424 g/mol. The molecule has 1 saturated heterocycles. The van der Waals surface area contributed by atoms with E-state index in [2.05, 4.69) is 32.0 Å². The molecule has 1 aliphatic heterocycles. The summed E-state index contributed by atoms with van der Waals surface area (Å²) >= 11 is 6.04. The fourth-order valence-corrected chi connectivity index (χ4v) is 4.27. The van der Waals surface area contributed by atoms with Gasteiger partial charge >= 0.3 is 0 Å². The van der Waals surface area contributed by atoms with E-state index in [4.69, 9.17) is 16.6 Å². The summed E-state index contributed by atoms with van der Waals surface area (Å²) < 4.78 is 17.7. The molecule has 0 atom stereocenters. The Morgan fingerprint density at radius 3 is 2.70 bits per heavy atom. The Morgan fingerprint density at radius 2 is 1.97 bits per heavy atom. The fourth-order valence-electron chi connectivity index (χ4n) is 4.06. The van der Waals surface area contributed by atoms with Gasteiger partial charge in [-0.15, -0.1) is 0 Å². The van der Waals surface area contributed by atoms with Gasteiger partial charge in [0.05, 0.1) is 22.8 Å². The van der Waals surface area contributed by atoms with Crippen LogP contribution in [0.25, 0.3) is 22.3 Å². The van der Waals surface area contributed by atoms with E-state index in [0.717, 1.165) is 60.0 Å². The van der Waals surface area contributed by atoms with E-state index in [1.54, 1.807) is 18.3 Å². The van der Waals surface area contributed by atoms with Gasteiger partial charge in [0.1, 0.15) is 11.3 Å². The maximum absolute atomic E-state index is 13.7. The van der Waals surface area contributed by atoms with Crippen LogP contribution >= 0.6 is 11.6 Å². The number of imidazole rings is 1. The van der Waals surface area contributed by atoms with Crippen molar-refractivity contribution in [2.24, 2.45) is 7.05 Å². The van der Waals surface area contributed by atoms with E-state index in [9.17, 15) is 4.39 Å². The molecular formula is C22H22ClFN6. The van der Waals surface area contributed by atoms with Crippen LogP contribution in [0.1, 0.15) is 5.56 Å². The normalized spacial score (nSPS) is 14.6. The van der Waals surface area contributed by atoms with Crippen LogP contribution in [0.4, 0.5) is 10.3 Å². The third-order valence-electron chi connectivity index (χ3n) is 5.58. The van der Waals surface area contributed by atoms with E-state index in [1.807, 2.05) is 23.9 Å². The molecule has 0 saturated carbocycles. The molecule has 8 heteroatoms.